The molecule has 0 spiro atoms. The van der Waals surface area contributed by atoms with Crippen molar-refractivity contribution in [2.45, 2.75) is 25.9 Å². The number of hydrogen-bond donors (Lipinski definition) is 1. The van der Waals surface area contributed by atoms with Crippen LogP contribution in [0.2, 0.25) is 0 Å². The number of hydrogen-bond acceptors (Lipinski definition) is 3. The molecule has 0 saturated heterocycles. The standard InChI is InChI=1S/C14H24N2O/c1-5-13(11-17-4)15-14-9-7-6-8-12(14)10-16(2)3/h6-9,13,15H,5,10-11H2,1-4H3. The molecule has 1 N–H and O–H groups in total. The molecule has 0 aliphatic rings. The number of anilines is 1. The quantitative estimate of drug-likeness (QED) is 0.787. The highest BCUT2D eigenvalue weighted by Crippen LogP contribution is 2.18. The van der Waals surface area contributed by atoms with Crippen molar-refractivity contribution in [1.82, 2.24) is 4.90 Å². The van der Waals surface area contributed by atoms with Gasteiger partial charge in [0.15, 0.2) is 0 Å². The van der Waals surface area contributed by atoms with Gasteiger partial charge in [-0.1, -0.05) is 25.1 Å². The summed E-state index contributed by atoms with van der Waals surface area (Å²) in [4.78, 5) is 2.18. The number of benzene rings is 1. The summed E-state index contributed by atoms with van der Waals surface area (Å²) >= 11 is 0. The highest BCUT2D eigenvalue weighted by Gasteiger charge is 2.08. The molecule has 1 rings (SSSR count). The van der Waals surface area contributed by atoms with Crippen molar-refractivity contribution in [1.29, 1.82) is 0 Å². The third kappa shape index (κ3) is 4.75. The fourth-order valence-corrected chi connectivity index (χ4v) is 1.82. The lowest BCUT2D eigenvalue weighted by atomic mass is 10.1. The largest absolute Gasteiger partial charge is 0.383 e. The Balaban J connectivity index is 2.74. The number of ether oxygens (including phenoxy) is 1. The maximum atomic E-state index is 5.22. The van der Waals surface area contributed by atoms with Gasteiger partial charge >= 0.3 is 0 Å². The molecule has 0 amide bonds. The number of para-hydroxylation sites is 1. The monoisotopic (exact) mass is 236 g/mol. The Bertz CT molecular complexity index is 326. The molecule has 0 saturated carbocycles. The molecule has 3 nitrogen and oxygen atoms in total. The van der Waals surface area contributed by atoms with E-state index in [0.29, 0.717) is 6.04 Å². The average molecular weight is 236 g/mol. The second-order valence-corrected chi connectivity index (χ2v) is 4.60. The van der Waals surface area contributed by atoms with E-state index in [2.05, 4.69) is 55.5 Å². The third-order valence-corrected chi connectivity index (χ3v) is 2.72. The van der Waals surface area contributed by atoms with Crippen molar-refractivity contribution >= 4 is 5.69 Å². The molecule has 1 aromatic carbocycles. The molecular formula is C14H24N2O. The van der Waals surface area contributed by atoms with Gasteiger partial charge in [0.2, 0.25) is 0 Å². The van der Waals surface area contributed by atoms with E-state index in [4.69, 9.17) is 4.74 Å². The minimum atomic E-state index is 0.378. The third-order valence-electron chi connectivity index (χ3n) is 2.72. The van der Waals surface area contributed by atoms with Crippen LogP contribution in [0.1, 0.15) is 18.9 Å². The van der Waals surface area contributed by atoms with Crippen molar-refractivity contribution < 1.29 is 4.74 Å². The average Bonchev–Trinajstić information content (AvgIpc) is 2.30. The Morgan fingerprint density at radius 2 is 2.00 bits per heavy atom. The van der Waals surface area contributed by atoms with Crippen LogP contribution < -0.4 is 5.32 Å². The highest BCUT2D eigenvalue weighted by atomic mass is 16.5. The van der Waals surface area contributed by atoms with Gasteiger partial charge in [0.05, 0.1) is 6.61 Å². The summed E-state index contributed by atoms with van der Waals surface area (Å²) in [6.07, 6.45) is 1.06. The summed E-state index contributed by atoms with van der Waals surface area (Å²) < 4.78 is 5.22. The normalized spacial score (nSPS) is 12.8. The molecule has 1 aromatic rings. The molecule has 96 valence electrons. The Morgan fingerprint density at radius 1 is 1.29 bits per heavy atom. The van der Waals surface area contributed by atoms with Gasteiger partial charge in [0.1, 0.15) is 0 Å². The van der Waals surface area contributed by atoms with E-state index in [9.17, 15) is 0 Å². The molecule has 0 aliphatic carbocycles. The summed E-state index contributed by atoms with van der Waals surface area (Å²) in [6.45, 7) is 3.87. The van der Waals surface area contributed by atoms with Gasteiger partial charge in [0, 0.05) is 25.4 Å². The number of nitrogens with one attached hydrogen (secondary N) is 1. The maximum Gasteiger partial charge on any atom is 0.0663 e. The van der Waals surface area contributed by atoms with Crippen molar-refractivity contribution in [3.8, 4) is 0 Å². The molecule has 0 aliphatic heterocycles. The fraction of sp³-hybridized carbons (Fsp3) is 0.571. The van der Waals surface area contributed by atoms with Crippen LogP contribution >= 0.6 is 0 Å². The second kappa shape index (κ2) is 7.30. The predicted molar refractivity (Wildman–Crippen MR) is 73.4 cm³/mol. The molecule has 0 heterocycles. The highest BCUT2D eigenvalue weighted by molar-refractivity contribution is 5.51. The first-order valence-electron chi connectivity index (χ1n) is 6.15. The van der Waals surface area contributed by atoms with E-state index in [1.54, 1.807) is 7.11 Å². The minimum absolute atomic E-state index is 0.378. The van der Waals surface area contributed by atoms with E-state index < -0.39 is 0 Å². The fourth-order valence-electron chi connectivity index (χ4n) is 1.82. The number of rotatable bonds is 7. The molecule has 3 heteroatoms. The van der Waals surface area contributed by atoms with Crippen LogP contribution in [-0.4, -0.2) is 38.8 Å². The lowest BCUT2D eigenvalue weighted by molar-refractivity contribution is 0.184. The summed E-state index contributed by atoms with van der Waals surface area (Å²) in [7, 11) is 5.92. The minimum Gasteiger partial charge on any atom is -0.383 e. The zero-order valence-corrected chi connectivity index (χ0v) is 11.4. The van der Waals surface area contributed by atoms with E-state index in [0.717, 1.165) is 19.6 Å². The van der Waals surface area contributed by atoms with Crippen molar-refractivity contribution in [2.75, 3.05) is 33.1 Å². The second-order valence-electron chi connectivity index (χ2n) is 4.60. The number of methoxy groups -OCH3 is 1. The summed E-state index contributed by atoms with van der Waals surface area (Å²) in [5.41, 5.74) is 2.54. The van der Waals surface area contributed by atoms with Gasteiger partial charge in [-0.25, -0.2) is 0 Å². The molecular weight excluding hydrogens is 212 g/mol. The summed E-state index contributed by atoms with van der Waals surface area (Å²) in [6, 6.07) is 8.84. The van der Waals surface area contributed by atoms with Crippen molar-refractivity contribution in [3.63, 3.8) is 0 Å². The Labute approximate surface area is 105 Å². The van der Waals surface area contributed by atoms with Crippen LogP contribution in [0.15, 0.2) is 24.3 Å². The zero-order chi connectivity index (χ0) is 12.7. The lowest BCUT2D eigenvalue weighted by Gasteiger charge is -2.21. The zero-order valence-electron chi connectivity index (χ0n) is 11.4. The predicted octanol–water partition coefficient (Wildman–Crippen LogP) is 2.59. The van der Waals surface area contributed by atoms with E-state index >= 15 is 0 Å². The molecule has 0 radical (unpaired) electrons. The topological polar surface area (TPSA) is 24.5 Å². The summed E-state index contributed by atoms with van der Waals surface area (Å²) in [5.74, 6) is 0. The molecule has 1 unspecified atom stereocenters. The first-order chi connectivity index (χ1) is 8.17. The van der Waals surface area contributed by atoms with E-state index in [1.807, 2.05) is 0 Å². The molecule has 0 fully saturated rings. The van der Waals surface area contributed by atoms with Gasteiger partial charge in [-0.3, -0.25) is 0 Å². The molecule has 1 atom stereocenters. The maximum absolute atomic E-state index is 5.22. The Morgan fingerprint density at radius 3 is 2.59 bits per heavy atom. The van der Waals surface area contributed by atoms with Gasteiger partial charge in [-0.05, 0) is 32.1 Å². The van der Waals surface area contributed by atoms with Crippen LogP contribution in [0, 0.1) is 0 Å². The van der Waals surface area contributed by atoms with Crippen LogP contribution in [0.25, 0.3) is 0 Å². The Hall–Kier alpha value is -1.06. The van der Waals surface area contributed by atoms with Gasteiger partial charge in [-0.2, -0.15) is 0 Å². The first kappa shape index (κ1) is 14.0. The van der Waals surface area contributed by atoms with Gasteiger partial charge in [0.25, 0.3) is 0 Å². The van der Waals surface area contributed by atoms with Crippen molar-refractivity contribution in [3.05, 3.63) is 29.8 Å². The van der Waals surface area contributed by atoms with E-state index in [-0.39, 0.29) is 0 Å². The van der Waals surface area contributed by atoms with Gasteiger partial charge < -0.3 is 15.0 Å². The lowest BCUT2D eigenvalue weighted by Crippen LogP contribution is -2.25. The van der Waals surface area contributed by atoms with Crippen LogP contribution in [0.5, 0.6) is 0 Å². The Kier molecular flexibility index (Phi) is 6.01. The summed E-state index contributed by atoms with van der Waals surface area (Å²) in [5, 5.41) is 3.55. The first-order valence-corrected chi connectivity index (χ1v) is 6.15. The van der Waals surface area contributed by atoms with Gasteiger partial charge in [-0.15, -0.1) is 0 Å². The molecule has 0 bridgehead atoms. The van der Waals surface area contributed by atoms with Crippen LogP contribution in [0.3, 0.4) is 0 Å². The smallest absolute Gasteiger partial charge is 0.0663 e. The van der Waals surface area contributed by atoms with Crippen LogP contribution in [0.4, 0.5) is 5.69 Å². The molecule has 0 aromatic heterocycles. The number of nitrogens with zero attached hydrogens (tertiary/aromatic N) is 1. The van der Waals surface area contributed by atoms with Crippen LogP contribution in [-0.2, 0) is 11.3 Å². The molecule has 17 heavy (non-hydrogen) atoms. The van der Waals surface area contributed by atoms with Crippen molar-refractivity contribution in [2.24, 2.45) is 0 Å². The van der Waals surface area contributed by atoms with E-state index in [1.165, 1.54) is 11.3 Å². The SMILES string of the molecule is CCC(COC)Nc1ccccc1CN(C)C.